The molecule has 172 valence electrons. The average Bonchev–Trinajstić information content (AvgIpc) is 3.36. The highest BCUT2D eigenvalue weighted by Gasteiger charge is 2.12. The number of unbranched alkanes of at least 4 members (excludes halogenated alkanes) is 1. The number of aryl methyl sites for hydroxylation is 1. The van der Waals surface area contributed by atoms with Crippen LogP contribution in [0, 0.1) is 12.3 Å². The summed E-state index contributed by atoms with van der Waals surface area (Å²) in [6, 6.07) is 12.6. The number of hydrogen-bond donors (Lipinski definition) is 3. The molecule has 2 heterocycles. The van der Waals surface area contributed by atoms with E-state index in [1.807, 2.05) is 30.6 Å². The van der Waals surface area contributed by atoms with Crippen LogP contribution in [0.5, 0.6) is 0 Å². The van der Waals surface area contributed by atoms with E-state index in [2.05, 4.69) is 66.7 Å². The van der Waals surface area contributed by atoms with Crippen molar-refractivity contribution in [3.8, 4) is 0 Å². The molecule has 0 spiro atoms. The van der Waals surface area contributed by atoms with Crippen molar-refractivity contribution < 1.29 is 4.74 Å². The Labute approximate surface area is 197 Å². The summed E-state index contributed by atoms with van der Waals surface area (Å²) in [6.07, 6.45) is 14.9. The summed E-state index contributed by atoms with van der Waals surface area (Å²) < 4.78 is 5.60. The van der Waals surface area contributed by atoms with Gasteiger partial charge in [0.05, 0.1) is 6.61 Å². The zero-order chi connectivity index (χ0) is 23.5. The first-order chi connectivity index (χ1) is 16.1. The monoisotopic (exact) mass is 442 g/mol. The van der Waals surface area contributed by atoms with E-state index < -0.39 is 0 Å². The Kier molecular flexibility index (Phi) is 9.07. The van der Waals surface area contributed by atoms with Gasteiger partial charge in [-0.2, -0.15) is 0 Å². The molecule has 2 aromatic rings. The molecule has 33 heavy (non-hydrogen) atoms. The van der Waals surface area contributed by atoms with E-state index in [9.17, 15) is 0 Å². The zero-order valence-corrected chi connectivity index (χ0v) is 19.8. The Balaban J connectivity index is 2.02. The van der Waals surface area contributed by atoms with Gasteiger partial charge in [-0.3, -0.25) is 0 Å². The zero-order valence-electron chi connectivity index (χ0n) is 19.8. The molecule has 1 aromatic carbocycles. The number of allylic oxidation sites excluding steroid dienone is 5. The Bertz CT molecular complexity index is 1070. The largest absolute Gasteiger partial charge is 0.496 e. The average molecular weight is 443 g/mol. The van der Waals surface area contributed by atoms with Crippen LogP contribution in [-0.4, -0.2) is 17.8 Å². The summed E-state index contributed by atoms with van der Waals surface area (Å²) >= 11 is 0. The summed E-state index contributed by atoms with van der Waals surface area (Å²) in [5.41, 5.74) is 6.53. The first-order valence-corrected chi connectivity index (χ1v) is 11.6. The first kappa shape index (κ1) is 24.1. The minimum Gasteiger partial charge on any atom is -0.496 e. The number of nitrogens with zero attached hydrogens (tertiary/aromatic N) is 1. The molecule has 3 rings (SSSR count). The SMILES string of the molecule is CCC/C=C(\C=C/C=N)N/C(=C(\C)c1cccc(C)c1)c1ccnc(N/C=C2/CCCO2)c1. The van der Waals surface area contributed by atoms with Crippen LogP contribution in [0.2, 0.25) is 0 Å². The topological polar surface area (TPSA) is 70.0 Å². The molecule has 1 aromatic heterocycles. The van der Waals surface area contributed by atoms with Crippen molar-refractivity contribution in [2.45, 2.75) is 46.5 Å². The van der Waals surface area contributed by atoms with Crippen LogP contribution in [-0.2, 0) is 4.74 Å². The number of pyridine rings is 1. The van der Waals surface area contributed by atoms with Gasteiger partial charge >= 0.3 is 0 Å². The van der Waals surface area contributed by atoms with Crippen molar-refractivity contribution in [1.29, 1.82) is 5.41 Å². The third-order valence-electron chi connectivity index (χ3n) is 5.40. The Hall–Kier alpha value is -3.60. The number of aromatic nitrogens is 1. The lowest BCUT2D eigenvalue weighted by molar-refractivity contribution is 0.263. The van der Waals surface area contributed by atoms with Gasteiger partial charge in [0.2, 0.25) is 0 Å². The normalized spacial score (nSPS) is 16.0. The summed E-state index contributed by atoms with van der Waals surface area (Å²) in [7, 11) is 0. The fourth-order valence-corrected chi connectivity index (χ4v) is 3.62. The van der Waals surface area contributed by atoms with Crippen LogP contribution >= 0.6 is 0 Å². The second-order valence-electron chi connectivity index (χ2n) is 8.11. The Morgan fingerprint density at radius 1 is 1.21 bits per heavy atom. The van der Waals surface area contributed by atoms with E-state index in [1.54, 1.807) is 6.08 Å². The van der Waals surface area contributed by atoms with Gasteiger partial charge < -0.3 is 20.8 Å². The Morgan fingerprint density at radius 3 is 2.82 bits per heavy atom. The molecule has 0 amide bonds. The van der Waals surface area contributed by atoms with Crippen LogP contribution in [0.15, 0.2) is 78.5 Å². The van der Waals surface area contributed by atoms with Crippen LogP contribution in [0.3, 0.4) is 0 Å². The minimum absolute atomic E-state index is 0.765. The van der Waals surface area contributed by atoms with Crippen LogP contribution in [0.1, 0.15) is 56.2 Å². The van der Waals surface area contributed by atoms with E-state index in [0.717, 1.165) is 72.0 Å². The molecule has 1 aliphatic rings. The third kappa shape index (κ3) is 7.21. The second-order valence-corrected chi connectivity index (χ2v) is 8.11. The summed E-state index contributed by atoms with van der Waals surface area (Å²) in [5, 5.41) is 14.3. The van der Waals surface area contributed by atoms with E-state index in [-0.39, 0.29) is 0 Å². The van der Waals surface area contributed by atoms with Crippen molar-refractivity contribution in [1.82, 2.24) is 10.3 Å². The maximum absolute atomic E-state index is 7.40. The third-order valence-corrected chi connectivity index (χ3v) is 5.40. The van der Waals surface area contributed by atoms with Gasteiger partial charge in [0, 0.05) is 42.0 Å². The van der Waals surface area contributed by atoms with Gasteiger partial charge in [-0.05, 0) is 62.1 Å². The van der Waals surface area contributed by atoms with Crippen LogP contribution in [0.25, 0.3) is 11.3 Å². The van der Waals surface area contributed by atoms with Gasteiger partial charge in [0.25, 0.3) is 0 Å². The van der Waals surface area contributed by atoms with Crippen LogP contribution in [0.4, 0.5) is 5.82 Å². The van der Waals surface area contributed by atoms with Crippen molar-refractivity contribution in [2.24, 2.45) is 0 Å². The molecule has 0 saturated carbocycles. The maximum atomic E-state index is 7.40. The highest BCUT2D eigenvalue weighted by atomic mass is 16.5. The van der Waals surface area contributed by atoms with Crippen molar-refractivity contribution in [3.05, 3.63) is 95.2 Å². The summed E-state index contributed by atoms with van der Waals surface area (Å²) in [5.74, 6) is 1.73. The highest BCUT2D eigenvalue weighted by molar-refractivity contribution is 5.90. The molecule has 3 N–H and O–H groups in total. The van der Waals surface area contributed by atoms with E-state index >= 15 is 0 Å². The maximum Gasteiger partial charge on any atom is 0.130 e. The number of hydrogen-bond acceptors (Lipinski definition) is 5. The number of nitrogens with one attached hydrogen (secondary N) is 3. The molecule has 1 saturated heterocycles. The minimum atomic E-state index is 0.765. The smallest absolute Gasteiger partial charge is 0.130 e. The molecular weight excluding hydrogens is 408 g/mol. The second kappa shape index (κ2) is 12.4. The molecule has 0 aliphatic carbocycles. The van der Waals surface area contributed by atoms with Gasteiger partial charge in [0.15, 0.2) is 0 Å². The van der Waals surface area contributed by atoms with Gasteiger partial charge in [-0.25, -0.2) is 4.98 Å². The first-order valence-electron chi connectivity index (χ1n) is 11.6. The van der Waals surface area contributed by atoms with E-state index in [0.29, 0.717) is 0 Å². The fraction of sp³-hybridized carbons (Fsp3) is 0.286. The molecule has 0 radical (unpaired) electrons. The predicted molar refractivity (Wildman–Crippen MR) is 139 cm³/mol. The molecule has 0 atom stereocenters. The summed E-state index contributed by atoms with van der Waals surface area (Å²) in [6.45, 7) is 7.18. The number of rotatable bonds is 10. The van der Waals surface area contributed by atoms with Gasteiger partial charge in [-0.15, -0.1) is 0 Å². The van der Waals surface area contributed by atoms with Crippen molar-refractivity contribution in [2.75, 3.05) is 11.9 Å². The molecule has 5 heteroatoms. The van der Waals surface area contributed by atoms with Crippen LogP contribution < -0.4 is 10.6 Å². The fourth-order valence-electron chi connectivity index (χ4n) is 3.62. The summed E-state index contributed by atoms with van der Waals surface area (Å²) in [4.78, 5) is 4.49. The van der Waals surface area contributed by atoms with Crippen molar-refractivity contribution in [3.63, 3.8) is 0 Å². The molecule has 5 nitrogen and oxygen atoms in total. The molecule has 0 bridgehead atoms. The van der Waals surface area contributed by atoms with Gasteiger partial charge in [0.1, 0.15) is 11.6 Å². The number of benzene rings is 1. The number of ether oxygens (including phenoxy) is 1. The van der Waals surface area contributed by atoms with Crippen molar-refractivity contribution >= 4 is 23.3 Å². The number of anilines is 1. The molecule has 1 fully saturated rings. The molecular formula is C28H34N4O. The lowest BCUT2D eigenvalue weighted by atomic mass is 9.99. The highest BCUT2D eigenvalue weighted by Crippen LogP contribution is 2.27. The standard InChI is InChI=1S/C28H34N4O/c1-4-5-11-25(12-7-15-29)32-28(22(3)23-10-6-9-21(2)18-23)24-14-16-30-27(19-24)31-20-26-13-8-17-33-26/h6-7,9-12,14-16,18-20,29,32H,4-5,8,13,17H2,1-3H3,(H,30,31)/b12-7-,25-11+,26-20-,28-22+,29-15?. The molecule has 0 unspecified atom stereocenters. The quantitative estimate of drug-likeness (QED) is 0.279. The predicted octanol–water partition coefficient (Wildman–Crippen LogP) is 6.82. The lowest BCUT2D eigenvalue weighted by Gasteiger charge is -2.18. The lowest BCUT2D eigenvalue weighted by Crippen LogP contribution is -2.13. The van der Waals surface area contributed by atoms with E-state index in [4.69, 9.17) is 10.1 Å². The van der Waals surface area contributed by atoms with E-state index in [1.165, 1.54) is 11.8 Å². The Morgan fingerprint density at radius 2 is 2.09 bits per heavy atom. The molecule has 1 aliphatic heterocycles. The van der Waals surface area contributed by atoms with Gasteiger partial charge in [-0.1, -0.05) is 49.2 Å².